The topological polar surface area (TPSA) is 52.3 Å². The van der Waals surface area contributed by atoms with Gasteiger partial charge in [-0.25, -0.2) is 0 Å². The van der Waals surface area contributed by atoms with E-state index in [1.807, 2.05) is 0 Å². The average Bonchev–Trinajstić information content (AvgIpc) is 2.13. The van der Waals surface area contributed by atoms with E-state index in [1.165, 1.54) is 0 Å². The molecule has 0 aliphatic carbocycles. The van der Waals surface area contributed by atoms with Crippen LogP contribution in [0.3, 0.4) is 0 Å². The third-order valence-electron chi connectivity index (χ3n) is 1.80. The van der Waals surface area contributed by atoms with E-state index >= 15 is 0 Å². The summed E-state index contributed by atoms with van der Waals surface area (Å²) in [5.74, 6) is -2.54. The fraction of sp³-hybridized carbons (Fsp3) is 0.222. The molecule has 0 radical (unpaired) electrons. The molecule has 2 N–H and O–H groups in total. The van der Waals surface area contributed by atoms with E-state index in [9.17, 15) is 31.1 Å². The van der Waals surface area contributed by atoms with Crippen LogP contribution in [0.2, 0.25) is 0 Å². The van der Waals surface area contributed by atoms with Crippen LogP contribution in [0, 0.1) is 0 Å². The molecule has 18 heavy (non-hydrogen) atoms. The van der Waals surface area contributed by atoms with Crippen LogP contribution in [0.5, 0.6) is 5.75 Å². The van der Waals surface area contributed by atoms with Gasteiger partial charge in [0, 0.05) is 0 Å². The van der Waals surface area contributed by atoms with E-state index in [4.69, 9.17) is 5.73 Å². The third kappa shape index (κ3) is 3.54. The smallest absolute Gasteiger partial charge is 0.405 e. The van der Waals surface area contributed by atoms with E-state index in [0.717, 1.165) is 0 Å². The quantitative estimate of drug-likeness (QED) is 0.842. The predicted octanol–water partition coefficient (Wildman–Crippen LogP) is 2.70. The molecule has 0 saturated carbocycles. The summed E-state index contributed by atoms with van der Waals surface area (Å²) in [5.41, 5.74) is 2.39. The highest BCUT2D eigenvalue weighted by Gasteiger charge is 2.35. The van der Waals surface area contributed by atoms with Crippen molar-refractivity contribution in [2.45, 2.75) is 12.5 Å². The molecule has 0 heterocycles. The minimum absolute atomic E-state index is 0.198. The molecule has 100 valence electrons. The maximum absolute atomic E-state index is 12.3. The molecule has 9 heteroatoms. The molecule has 1 aromatic rings. The van der Waals surface area contributed by atoms with Gasteiger partial charge in [-0.15, -0.1) is 13.2 Å². The van der Waals surface area contributed by atoms with Gasteiger partial charge in [-0.3, -0.25) is 4.79 Å². The number of hydrogen-bond donors (Lipinski definition) is 1. The number of carbonyl (C=O) groups excluding carboxylic acids is 1. The Bertz CT molecular complexity index is 465. The van der Waals surface area contributed by atoms with E-state index in [2.05, 4.69) is 4.74 Å². The van der Waals surface area contributed by atoms with Crippen LogP contribution in [-0.4, -0.2) is 12.3 Å². The number of hydrogen-bond acceptors (Lipinski definition) is 2. The summed E-state index contributed by atoms with van der Waals surface area (Å²) < 4.78 is 76.0. The van der Waals surface area contributed by atoms with Gasteiger partial charge in [-0.1, -0.05) is 0 Å². The van der Waals surface area contributed by atoms with Crippen LogP contribution in [0.1, 0.15) is 15.9 Å². The monoisotopic (exact) mass is 273 g/mol. The highest BCUT2D eigenvalue weighted by atomic mass is 19.4. The number of alkyl halides is 6. The normalized spacial score (nSPS) is 12.3. The number of primary amides is 1. The van der Waals surface area contributed by atoms with Gasteiger partial charge in [0.05, 0.1) is 11.1 Å². The molecule has 0 aliphatic rings. The summed E-state index contributed by atoms with van der Waals surface area (Å²) in [6.07, 6.45) is -9.94. The predicted molar refractivity (Wildman–Crippen MR) is 46.6 cm³/mol. The first-order valence-electron chi connectivity index (χ1n) is 4.27. The third-order valence-corrected chi connectivity index (χ3v) is 1.80. The molecule has 0 atom stereocenters. The van der Waals surface area contributed by atoms with Crippen LogP contribution in [0.15, 0.2) is 18.2 Å². The molecule has 0 aliphatic heterocycles. The maximum Gasteiger partial charge on any atom is 0.573 e. The first-order valence-corrected chi connectivity index (χ1v) is 4.27. The van der Waals surface area contributed by atoms with Crippen molar-refractivity contribution >= 4 is 5.91 Å². The molecule has 0 aromatic heterocycles. The number of amides is 1. The van der Waals surface area contributed by atoms with Crippen molar-refractivity contribution < 1.29 is 35.9 Å². The fourth-order valence-corrected chi connectivity index (χ4v) is 1.11. The molecule has 0 fully saturated rings. The van der Waals surface area contributed by atoms with Crippen LogP contribution < -0.4 is 10.5 Å². The second-order valence-corrected chi connectivity index (χ2v) is 3.12. The number of ether oxygens (including phenoxy) is 1. The van der Waals surface area contributed by atoms with Gasteiger partial charge in [0.15, 0.2) is 0 Å². The van der Waals surface area contributed by atoms with Crippen LogP contribution >= 0.6 is 0 Å². The van der Waals surface area contributed by atoms with E-state index in [-0.39, 0.29) is 6.07 Å². The van der Waals surface area contributed by atoms with Gasteiger partial charge in [0.2, 0.25) is 0 Å². The second kappa shape index (κ2) is 4.39. The molecule has 3 nitrogen and oxygen atoms in total. The highest BCUT2D eigenvalue weighted by molar-refractivity contribution is 5.95. The van der Waals surface area contributed by atoms with Gasteiger partial charge in [-0.05, 0) is 18.2 Å². The van der Waals surface area contributed by atoms with Crippen molar-refractivity contribution in [3.63, 3.8) is 0 Å². The van der Waals surface area contributed by atoms with E-state index < -0.39 is 35.3 Å². The average molecular weight is 273 g/mol. The van der Waals surface area contributed by atoms with Crippen molar-refractivity contribution in [3.05, 3.63) is 29.3 Å². The van der Waals surface area contributed by atoms with Gasteiger partial charge in [0.1, 0.15) is 5.75 Å². The molecule has 0 spiro atoms. The Kier molecular flexibility index (Phi) is 3.45. The highest BCUT2D eigenvalue weighted by Crippen LogP contribution is 2.34. The molecular weight excluding hydrogens is 268 g/mol. The van der Waals surface area contributed by atoms with Crippen molar-refractivity contribution in [1.29, 1.82) is 0 Å². The molecule has 0 bridgehead atoms. The second-order valence-electron chi connectivity index (χ2n) is 3.12. The van der Waals surface area contributed by atoms with Gasteiger partial charge >= 0.3 is 12.5 Å². The molecule has 1 rings (SSSR count). The zero-order valence-corrected chi connectivity index (χ0v) is 8.39. The molecule has 1 aromatic carbocycles. The van der Waals surface area contributed by atoms with Crippen LogP contribution in [0.4, 0.5) is 26.3 Å². The lowest BCUT2D eigenvalue weighted by molar-refractivity contribution is -0.274. The lowest BCUT2D eigenvalue weighted by Crippen LogP contribution is -2.21. The zero-order chi connectivity index (χ0) is 14.1. The molecule has 1 amide bonds. The van der Waals surface area contributed by atoms with E-state index in [0.29, 0.717) is 12.1 Å². The molecule has 0 unspecified atom stereocenters. The first-order chi connectivity index (χ1) is 8.00. The van der Waals surface area contributed by atoms with Gasteiger partial charge < -0.3 is 10.5 Å². The fourth-order valence-electron chi connectivity index (χ4n) is 1.11. The zero-order valence-electron chi connectivity index (χ0n) is 8.39. The van der Waals surface area contributed by atoms with Crippen molar-refractivity contribution in [1.82, 2.24) is 0 Å². The molecule has 0 saturated heterocycles. The standard InChI is InChI=1S/C9H5F6NO2/c10-8(11,12)4-1-2-6(18-9(13,14)15)5(3-4)7(16)17/h1-3H,(H2,16,17). The van der Waals surface area contributed by atoms with Crippen molar-refractivity contribution in [2.75, 3.05) is 0 Å². The summed E-state index contributed by atoms with van der Waals surface area (Å²) >= 11 is 0. The summed E-state index contributed by atoms with van der Waals surface area (Å²) in [5, 5.41) is 0. The largest absolute Gasteiger partial charge is 0.573 e. The lowest BCUT2D eigenvalue weighted by Gasteiger charge is -2.13. The van der Waals surface area contributed by atoms with Crippen LogP contribution in [0.25, 0.3) is 0 Å². The number of rotatable bonds is 2. The Labute approximate surface area is 96.1 Å². The van der Waals surface area contributed by atoms with Crippen molar-refractivity contribution in [2.24, 2.45) is 5.73 Å². The minimum atomic E-state index is -5.13. The van der Waals surface area contributed by atoms with E-state index in [1.54, 1.807) is 0 Å². The summed E-state index contributed by atoms with van der Waals surface area (Å²) in [6, 6.07) is 0.938. The Morgan fingerprint density at radius 2 is 1.67 bits per heavy atom. The molecular formula is C9H5F6NO2. The Morgan fingerprint density at radius 3 is 2.06 bits per heavy atom. The summed E-state index contributed by atoms with van der Waals surface area (Å²) in [6.45, 7) is 0. The Morgan fingerprint density at radius 1 is 1.11 bits per heavy atom. The van der Waals surface area contributed by atoms with Crippen molar-refractivity contribution in [3.8, 4) is 5.75 Å². The Hall–Kier alpha value is -1.93. The summed E-state index contributed by atoms with van der Waals surface area (Å²) in [7, 11) is 0. The SMILES string of the molecule is NC(=O)c1cc(C(F)(F)F)ccc1OC(F)(F)F. The number of carbonyl (C=O) groups is 1. The van der Waals surface area contributed by atoms with Gasteiger partial charge in [0.25, 0.3) is 5.91 Å². The number of benzene rings is 1. The maximum atomic E-state index is 12.3. The number of halogens is 6. The first kappa shape index (κ1) is 14.1. The van der Waals surface area contributed by atoms with Gasteiger partial charge in [-0.2, -0.15) is 13.2 Å². The van der Waals surface area contributed by atoms with Crippen LogP contribution in [-0.2, 0) is 6.18 Å². The number of nitrogens with two attached hydrogens (primary N) is 1. The Balaban J connectivity index is 3.26. The lowest BCUT2D eigenvalue weighted by atomic mass is 10.1. The minimum Gasteiger partial charge on any atom is -0.405 e. The summed E-state index contributed by atoms with van der Waals surface area (Å²) in [4.78, 5) is 10.8.